The SMILES string of the molecule is COc1cccc(-c2nccc3c(-c4cccc(C(F)(F)F)c4)ccnc23)c1. The normalized spacial score (nSPS) is 11.6. The molecule has 0 amide bonds. The van der Waals surface area contributed by atoms with Crippen molar-refractivity contribution in [1.82, 2.24) is 9.97 Å². The third-order valence-electron chi connectivity index (χ3n) is 4.50. The topological polar surface area (TPSA) is 35.0 Å². The molecule has 28 heavy (non-hydrogen) atoms. The van der Waals surface area contributed by atoms with E-state index in [1.807, 2.05) is 24.3 Å². The Morgan fingerprint density at radius 3 is 2.36 bits per heavy atom. The van der Waals surface area contributed by atoms with Crippen LogP contribution in [0.4, 0.5) is 13.2 Å². The van der Waals surface area contributed by atoms with Gasteiger partial charge < -0.3 is 4.74 Å². The minimum absolute atomic E-state index is 0.477. The lowest BCUT2D eigenvalue weighted by Crippen LogP contribution is -2.04. The zero-order chi connectivity index (χ0) is 19.7. The average molecular weight is 380 g/mol. The molecular formula is C22H15F3N2O. The van der Waals surface area contributed by atoms with Gasteiger partial charge in [0, 0.05) is 23.3 Å². The second-order valence-electron chi connectivity index (χ2n) is 6.22. The van der Waals surface area contributed by atoms with Gasteiger partial charge >= 0.3 is 6.18 Å². The molecule has 6 heteroatoms. The number of hydrogen-bond donors (Lipinski definition) is 0. The van der Waals surface area contributed by atoms with Crippen LogP contribution in [0.3, 0.4) is 0 Å². The van der Waals surface area contributed by atoms with Gasteiger partial charge in [0.2, 0.25) is 0 Å². The van der Waals surface area contributed by atoms with E-state index < -0.39 is 11.7 Å². The molecule has 0 unspecified atom stereocenters. The minimum atomic E-state index is -4.40. The fourth-order valence-corrected chi connectivity index (χ4v) is 3.17. The molecular weight excluding hydrogens is 365 g/mol. The van der Waals surface area contributed by atoms with Crippen molar-refractivity contribution >= 4 is 10.9 Å². The van der Waals surface area contributed by atoms with E-state index in [2.05, 4.69) is 9.97 Å². The Bertz CT molecular complexity index is 1160. The highest BCUT2D eigenvalue weighted by molar-refractivity contribution is 6.00. The zero-order valence-electron chi connectivity index (χ0n) is 14.9. The van der Waals surface area contributed by atoms with Gasteiger partial charge in [0.05, 0.1) is 23.9 Å². The molecule has 4 aromatic rings. The van der Waals surface area contributed by atoms with Gasteiger partial charge in [-0.25, -0.2) is 0 Å². The maximum atomic E-state index is 13.1. The van der Waals surface area contributed by atoms with Crippen LogP contribution in [0.2, 0.25) is 0 Å². The number of benzene rings is 2. The molecule has 0 aliphatic rings. The standard InChI is InChI=1S/C22H15F3N2O/c1-28-17-7-3-5-15(13-17)20-21-19(9-11-26-20)18(8-10-27-21)14-4-2-6-16(12-14)22(23,24)25/h2-13H,1H3. The molecule has 2 aromatic heterocycles. The van der Waals surface area contributed by atoms with E-state index in [0.717, 1.165) is 23.1 Å². The monoisotopic (exact) mass is 380 g/mol. The van der Waals surface area contributed by atoms with E-state index in [9.17, 15) is 13.2 Å². The molecule has 0 fully saturated rings. The fraction of sp³-hybridized carbons (Fsp3) is 0.0909. The van der Waals surface area contributed by atoms with Crippen molar-refractivity contribution in [1.29, 1.82) is 0 Å². The summed E-state index contributed by atoms with van der Waals surface area (Å²) in [6.45, 7) is 0. The quantitative estimate of drug-likeness (QED) is 0.438. The van der Waals surface area contributed by atoms with Crippen LogP contribution in [0.5, 0.6) is 5.75 Å². The average Bonchev–Trinajstić information content (AvgIpc) is 2.72. The summed E-state index contributed by atoms with van der Waals surface area (Å²) >= 11 is 0. The number of hydrogen-bond acceptors (Lipinski definition) is 3. The first-order chi connectivity index (χ1) is 13.5. The molecule has 0 radical (unpaired) electrons. The number of methoxy groups -OCH3 is 1. The van der Waals surface area contributed by atoms with Crippen LogP contribution in [0.15, 0.2) is 73.1 Å². The molecule has 0 N–H and O–H groups in total. The van der Waals surface area contributed by atoms with Crippen molar-refractivity contribution in [3.05, 3.63) is 78.6 Å². The predicted molar refractivity (Wildman–Crippen MR) is 102 cm³/mol. The van der Waals surface area contributed by atoms with Crippen molar-refractivity contribution in [3.8, 4) is 28.1 Å². The van der Waals surface area contributed by atoms with E-state index in [4.69, 9.17) is 4.74 Å². The van der Waals surface area contributed by atoms with Crippen LogP contribution in [-0.4, -0.2) is 17.1 Å². The van der Waals surface area contributed by atoms with Crippen molar-refractivity contribution in [2.45, 2.75) is 6.18 Å². The lowest BCUT2D eigenvalue weighted by Gasteiger charge is -2.12. The first-order valence-electron chi connectivity index (χ1n) is 8.53. The highest BCUT2D eigenvalue weighted by Gasteiger charge is 2.30. The number of pyridine rings is 2. The van der Waals surface area contributed by atoms with Gasteiger partial charge in [-0.3, -0.25) is 9.97 Å². The molecule has 140 valence electrons. The molecule has 0 aliphatic carbocycles. The first kappa shape index (κ1) is 18.0. The zero-order valence-corrected chi connectivity index (χ0v) is 14.9. The Labute approximate surface area is 159 Å². The van der Waals surface area contributed by atoms with E-state index >= 15 is 0 Å². The van der Waals surface area contributed by atoms with Crippen LogP contribution in [0, 0.1) is 0 Å². The summed E-state index contributed by atoms with van der Waals surface area (Å²) in [5.41, 5.74) is 2.54. The summed E-state index contributed by atoms with van der Waals surface area (Å²) in [4.78, 5) is 8.89. The number of nitrogens with zero attached hydrogens (tertiary/aromatic N) is 2. The summed E-state index contributed by atoms with van der Waals surface area (Å²) < 4.78 is 44.6. The van der Waals surface area contributed by atoms with Gasteiger partial charge in [0.25, 0.3) is 0 Å². The number of aromatic nitrogens is 2. The van der Waals surface area contributed by atoms with Crippen molar-refractivity contribution in [2.24, 2.45) is 0 Å². The van der Waals surface area contributed by atoms with Crippen LogP contribution < -0.4 is 4.74 Å². The number of halogens is 3. The number of rotatable bonds is 3. The van der Waals surface area contributed by atoms with Gasteiger partial charge in [-0.05, 0) is 47.5 Å². The second kappa shape index (κ2) is 6.96. The number of ether oxygens (including phenoxy) is 1. The molecule has 3 nitrogen and oxygen atoms in total. The van der Waals surface area contributed by atoms with Gasteiger partial charge in [0.15, 0.2) is 0 Å². The van der Waals surface area contributed by atoms with E-state index in [0.29, 0.717) is 28.1 Å². The Kier molecular flexibility index (Phi) is 4.47. The van der Waals surface area contributed by atoms with Gasteiger partial charge in [0.1, 0.15) is 5.75 Å². The fourth-order valence-electron chi connectivity index (χ4n) is 3.17. The molecule has 0 spiro atoms. The van der Waals surface area contributed by atoms with E-state index in [1.165, 1.54) is 6.07 Å². The predicted octanol–water partition coefficient (Wildman–Crippen LogP) is 5.99. The maximum absolute atomic E-state index is 13.1. The molecule has 2 aromatic carbocycles. The number of alkyl halides is 3. The summed E-state index contributed by atoms with van der Waals surface area (Å²) in [6, 6.07) is 16.2. The Morgan fingerprint density at radius 1 is 0.821 bits per heavy atom. The van der Waals surface area contributed by atoms with E-state index in [1.54, 1.807) is 37.7 Å². The number of fused-ring (bicyclic) bond motifs is 1. The first-order valence-corrected chi connectivity index (χ1v) is 8.53. The maximum Gasteiger partial charge on any atom is 0.416 e. The molecule has 0 saturated carbocycles. The summed E-state index contributed by atoms with van der Waals surface area (Å²) in [5, 5.41) is 0.731. The van der Waals surface area contributed by atoms with Crippen LogP contribution in [0.25, 0.3) is 33.3 Å². The third kappa shape index (κ3) is 3.29. The van der Waals surface area contributed by atoms with Crippen LogP contribution in [0.1, 0.15) is 5.56 Å². The minimum Gasteiger partial charge on any atom is -0.497 e. The smallest absolute Gasteiger partial charge is 0.416 e. The third-order valence-corrected chi connectivity index (χ3v) is 4.50. The molecule has 0 bridgehead atoms. The second-order valence-corrected chi connectivity index (χ2v) is 6.22. The highest BCUT2D eigenvalue weighted by Crippen LogP contribution is 2.36. The van der Waals surface area contributed by atoms with Gasteiger partial charge in [-0.2, -0.15) is 13.2 Å². The molecule has 4 rings (SSSR count). The molecule has 0 saturated heterocycles. The van der Waals surface area contributed by atoms with Crippen molar-refractivity contribution < 1.29 is 17.9 Å². The van der Waals surface area contributed by atoms with Crippen molar-refractivity contribution in [3.63, 3.8) is 0 Å². The van der Waals surface area contributed by atoms with Crippen molar-refractivity contribution in [2.75, 3.05) is 7.11 Å². The highest BCUT2D eigenvalue weighted by atomic mass is 19.4. The summed E-state index contributed by atoms with van der Waals surface area (Å²) in [5.74, 6) is 0.685. The van der Waals surface area contributed by atoms with Gasteiger partial charge in [-0.1, -0.05) is 24.3 Å². The van der Waals surface area contributed by atoms with Crippen LogP contribution >= 0.6 is 0 Å². The summed E-state index contributed by atoms with van der Waals surface area (Å²) in [6.07, 6.45) is -1.18. The lowest BCUT2D eigenvalue weighted by molar-refractivity contribution is -0.137. The molecule has 0 aliphatic heterocycles. The Hall–Kier alpha value is -3.41. The van der Waals surface area contributed by atoms with Gasteiger partial charge in [-0.15, -0.1) is 0 Å². The summed E-state index contributed by atoms with van der Waals surface area (Å²) in [7, 11) is 1.58. The van der Waals surface area contributed by atoms with E-state index in [-0.39, 0.29) is 0 Å². The van der Waals surface area contributed by atoms with Crippen LogP contribution in [-0.2, 0) is 6.18 Å². The lowest BCUT2D eigenvalue weighted by atomic mass is 9.98. The Morgan fingerprint density at radius 2 is 1.57 bits per heavy atom. The Balaban J connectivity index is 1.91. The molecule has 2 heterocycles. The largest absolute Gasteiger partial charge is 0.497 e. The molecule has 0 atom stereocenters.